The van der Waals surface area contributed by atoms with Crippen LogP contribution < -0.4 is 25.4 Å². The summed E-state index contributed by atoms with van der Waals surface area (Å²) in [5.41, 5.74) is 0.220. The van der Waals surface area contributed by atoms with Crippen LogP contribution in [0, 0.1) is 0 Å². The zero-order valence-electron chi connectivity index (χ0n) is 24.6. The molecule has 12 heteroatoms. The number of aromatic nitrogens is 2. The SMILES string of the molecule is CNC(=O)c1cc(OC2CCN(C(=O)OC(C)(C)C)CC2)ccn1.CNC(=O)c1cc(OC2CCNCC2)ccn1. The second-order valence-electron chi connectivity index (χ2n) is 10.8. The van der Waals surface area contributed by atoms with E-state index in [1.165, 1.54) is 0 Å². The van der Waals surface area contributed by atoms with Gasteiger partial charge in [0.1, 0.15) is 40.7 Å². The second kappa shape index (κ2) is 15.2. The molecule has 0 aliphatic carbocycles. The lowest BCUT2D eigenvalue weighted by molar-refractivity contribution is 0.0126. The normalized spacial score (nSPS) is 16.1. The third-order valence-electron chi connectivity index (χ3n) is 6.37. The van der Waals surface area contributed by atoms with Gasteiger partial charge in [0.25, 0.3) is 11.8 Å². The van der Waals surface area contributed by atoms with E-state index in [4.69, 9.17) is 14.2 Å². The molecule has 3 amide bonds. The average Bonchev–Trinajstić information content (AvgIpc) is 2.97. The number of ether oxygens (including phenoxy) is 3. The van der Waals surface area contributed by atoms with Gasteiger partial charge in [0.15, 0.2) is 0 Å². The van der Waals surface area contributed by atoms with Gasteiger partial charge < -0.3 is 35.1 Å². The minimum atomic E-state index is -0.488. The highest BCUT2D eigenvalue weighted by Crippen LogP contribution is 2.21. The Morgan fingerprint density at radius 1 is 0.829 bits per heavy atom. The molecule has 4 rings (SSSR count). The lowest BCUT2D eigenvalue weighted by Crippen LogP contribution is -2.44. The molecule has 2 saturated heterocycles. The molecule has 12 nitrogen and oxygen atoms in total. The fourth-order valence-electron chi connectivity index (χ4n) is 4.25. The van der Waals surface area contributed by atoms with E-state index in [1.807, 2.05) is 20.8 Å². The molecule has 3 N–H and O–H groups in total. The van der Waals surface area contributed by atoms with Gasteiger partial charge in [-0.2, -0.15) is 0 Å². The van der Waals surface area contributed by atoms with Gasteiger partial charge in [-0.1, -0.05) is 0 Å². The van der Waals surface area contributed by atoms with Gasteiger partial charge in [-0.05, 0) is 58.8 Å². The molecule has 2 fully saturated rings. The zero-order valence-corrected chi connectivity index (χ0v) is 24.6. The Kier molecular flexibility index (Phi) is 11.7. The molecule has 224 valence electrons. The molecule has 2 aliphatic heterocycles. The molecule has 0 saturated carbocycles. The fraction of sp³-hybridized carbons (Fsp3) is 0.552. The van der Waals surface area contributed by atoms with Crippen LogP contribution in [-0.2, 0) is 4.74 Å². The third kappa shape index (κ3) is 10.5. The molecule has 0 radical (unpaired) electrons. The lowest BCUT2D eigenvalue weighted by atomic mass is 10.1. The van der Waals surface area contributed by atoms with Crippen molar-refractivity contribution in [1.29, 1.82) is 0 Å². The monoisotopic (exact) mass is 570 g/mol. The highest BCUT2D eigenvalue weighted by Gasteiger charge is 2.27. The van der Waals surface area contributed by atoms with Crippen molar-refractivity contribution in [2.75, 3.05) is 40.3 Å². The Morgan fingerprint density at radius 2 is 1.29 bits per heavy atom. The van der Waals surface area contributed by atoms with Gasteiger partial charge >= 0.3 is 6.09 Å². The van der Waals surface area contributed by atoms with Crippen LogP contribution in [0.3, 0.4) is 0 Å². The van der Waals surface area contributed by atoms with E-state index < -0.39 is 5.60 Å². The van der Waals surface area contributed by atoms with E-state index in [1.54, 1.807) is 55.7 Å². The van der Waals surface area contributed by atoms with Crippen molar-refractivity contribution < 1.29 is 28.6 Å². The van der Waals surface area contributed by atoms with Gasteiger partial charge in [-0.15, -0.1) is 0 Å². The molecule has 0 bridgehead atoms. The number of piperidine rings is 2. The minimum absolute atomic E-state index is 0.00336. The van der Waals surface area contributed by atoms with Gasteiger partial charge in [0, 0.05) is 64.6 Å². The number of rotatable bonds is 6. The summed E-state index contributed by atoms with van der Waals surface area (Å²) < 4.78 is 17.1. The summed E-state index contributed by atoms with van der Waals surface area (Å²) in [5.74, 6) is 0.880. The summed E-state index contributed by atoms with van der Waals surface area (Å²) in [7, 11) is 3.15. The largest absolute Gasteiger partial charge is 0.490 e. The molecule has 0 unspecified atom stereocenters. The second-order valence-corrected chi connectivity index (χ2v) is 10.8. The zero-order chi connectivity index (χ0) is 29.8. The third-order valence-corrected chi connectivity index (χ3v) is 6.37. The molecule has 2 aromatic rings. The molecule has 4 heterocycles. The number of carbonyl (C=O) groups is 3. The highest BCUT2D eigenvalue weighted by atomic mass is 16.6. The first-order valence-corrected chi connectivity index (χ1v) is 14.0. The van der Waals surface area contributed by atoms with Crippen LogP contribution in [-0.4, -0.2) is 90.9 Å². The van der Waals surface area contributed by atoms with Crippen LogP contribution in [0.15, 0.2) is 36.7 Å². The van der Waals surface area contributed by atoms with Crippen molar-refractivity contribution in [2.24, 2.45) is 0 Å². The fourth-order valence-corrected chi connectivity index (χ4v) is 4.25. The van der Waals surface area contributed by atoms with E-state index in [-0.39, 0.29) is 30.1 Å². The summed E-state index contributed by atoms with van der Waals surface area (Å²) in [6, 6.07) is 6.82. The topological polar surface area (TPSA) is 144 Å². The lowest BCUT2D eigenvalue weighted by Gasteiger charge is -2.33. The summed E-state index contributed by atoms with van der Waals surface area (Å²) in [4.78, 5) is 44.8. The quantitative estimate of drug-likeness (QED) is 0.478. The van der Waals surface area contributed by atoms with Crippen molar-refractivity contribution in [3.8, 4) is 11.5 Å². The maximum atomic E-state index is 12.0. The van der Waals surface area contributed by atoms with Gasteiger partial charge in [-0.25, -0.2) is 4.79 Å². The van der Waals surface area contributed by atoms with Crippen molar-refractivity contribution in [2.45, 2.75) is 64.3 Å². The summed E-state index contributed by atoms with van der Waals surface area (Å²) in [6.07, 6.45) is 6.53. The summed E-state index contributed by atoms with van der Waals surface area (Å²) in [5, 5.41) is 8.36. The van der Waals surface area contributed by atoms with Crippen molar-refractivity contribution in [1.82, 2.24) is 30.8 Å². The van der Waals surface area contributed by atoms with Crippen LogP contribution in [0.25, 0.3) is 0 Å². The summed E-state index contributed by atoms with van der Waals surface area (Å²) in [6.45, 7) is 8.72. The van der Waals surface area contributed by atoms with Crippen molar-refractivity contribution >= 4 is 17.9 Å². The molecule has 2 aromatic heterocycles. The highest BCUT2D eigenvalue weighted by molar-refractivity contribution is 5.92. The van der Waals surface area contributed by atoms with Crippen LogP contribution in [0.4, 0.5) is 4.79 Å². The number of pyridine rings is 2. The standard InChI is InChI=1S/C17H25N3O4.C12H17N3O2/c1-17(2,3)24-16(22)20-9-6-12(7-10-20)23-13-5-8-19-14(11-13)15(21)18-4;1-13-12(16)11-8-10(4-7-15-11)17-9-2-5-14-6-3-9/h5,8,11-12H,6-7,9-10H2,1-4H3,(H,18,21);4,7-9,14H,2-3,5-6H2,1H3,(H,13,16). The number of hydrogen-bond acceptors (Lipinski definition) is 9. The Bertz CT molecular complexity index is 1160. The van der Waals surface area contributed by atoms with E-state index in [2.05, 4.69) is 25.9 Å². The molecule has 0 aromatic carbocycles. The Labute approximate surface area is 241 Å². The number of likely N-dealkylation sites (tertiary alicyclic amines) is 1. The van der Waals surface area contributed by atoms with Crippen LogP contribution in [0.5, 0.6) is 11.5 Å². The number of carbonyl (C=O) groups excluding carboxylic acids is 3. The Morgan fingerprint density at radius 3 is 1.73 bits per heavy atom. The van der Waals surface area contributed by atoms with E-state index in [0.717, 1.165) is 38.8 Å². The van der Waals surface area contributed by atoms with Crippen molar-refractivity contribution in [3.63, 3.8) is 0 Å². The average molecular weight is 571 g/mol. The smallest absolute Gasteiger partial charge is 0.410 e. The molecule has 2 aliphatic rings. The predicted molar refractivity (Wildman–Crippen MR) is 153 cm³/mol. The summed E-state index contributed by atoms with van der Waals surface area (Å²) >= 11 is 0. The number of nitrogens with one attached hydrogen (secondary N) is 3. The van der Waals surface area contributed by atoms with Crippen molar-refractivity contribution in [3.05, 3.63) is 48.0 Å². The molecule has 41 heavy (non-hydrogen) atoms. The van der Waals surface area contributed by atoms with Gasteiger partial charge in [-0.3, -0.25) is 19.6 Å². The first-order chi connectivity index (χ1) is 19.6. The van der Waals surface area contributed by atoms with Crippen LogP contribution >= 0.6 is 0 Å². The number of hydrogen-bond donors (Lipinski definition) is 3. The molecule has 0 spiro atoms. The van der Waals surface area contributed by atoms with Crippen LogP contribution in [0.1, 0.15) is 67.4 Å². The number of nitrogens with zero attached hydrogens (tertiary/aromatic N) is 3. The maximum Gasteiger partial charge on any atom is 0.410 e. The van der Waals surface area contributed by atoms with E-state index in [0.29, 0.717) is 36.0 Å². The first kappa shape index (κ1) is 31.6. The number of amides is 3. The predicted octanol–water partition coefficient (Wildman–Crippen LogP) is 2.79. The Balaban J connectivity index is 0.000000239. The van der Waals surface area contributed by atoms with E-state index >= 15 is 0 Å². The maximum absolute atomic E-state index is 12.0. The van der Waals surface area contributed by atoms with Crippen LogP contribution in [0.2, 0.25) is 0 Å². The Hall–Kier alpha value is -3.93. The minimum Gasteiger partial charge on any atom is -0.490 e. The van der Waals surface area contributed by atoms with Gasteiger partial charge in [0.05, 0.1) is 0 Å². The first-order valence-electron chi connectivity index (χ1n) is 14.0. The molecular formula is C29H42N6O6. The van der Waals surface area contributed by atoms with E-state index in [9.17, 15) is 14.4 Å². The van der Waals surface area contributed by atoms with Gasteiger partial charge in [0.2, 0.25) is 0 Å². The molecular weight excluding hydrogens is 528 g/mol. The molecule has 0 atom stereocenters.